The van der Waals surface area contributed by atoms with Crippen molar-refractivity contribution in [3.05, 3.63) is 18.0 Å². The Hall–Kier alpha value is -0.840. The summed E-state index contributed by atoms with van der Waals surface area (Å²) >= 11 is 3.42. The van der Waals surface area contributed by atoms with E-state index in [0.717, 1.165) is 24.7 Å². The molecule has 0 aliphatic heterocycles. The van der Waals surface area contributed by atoms with Gasteiger partial charge >= 0.3 is 0 Å². The van der Waals surface area contributed by atoms with Gasteiger partial charge in [-0.25, -0.2) is 0 Å². The number of carbonyl (C=O) groups excluding carboxylic acids is 1. The molecular formula is C11H18BrN3O. The molecule has 0 aromatic carbocycles. The molecule has 1 aromatic rings. The minimum atomic E-state index is -0.0406. The van der Waals surface area contributed by atoms with E-state index in [-0.39, 0.29) is 5.91 Å². The first-order chi connectivity index (χ1) is 7.67. The monoisotopic (exact) mass is 287 g/mol. The molecule has 1 aromatic heterocycles. The Balaban J connectivity index is 2.40. The van der Waals surface area contributed by atoms with Gasteiger partial charge in [-0.15, -0.1) is 0 Å². The van der Waals surface area contributed by atoms with Gasteiger partial charge in [-0.2, -0.15) is 5.10 Å². The summed E-state index contributed by atoms with van der Waals surface area (Å²) in [4.78, 5) is 11.7. The minimum absolute atomic E-state index is 0.0406. The summed E-state index contributed by atoms with van der Waals surface area (Å²) in [5.41, 5.74) is 0.621. The molecule has 1 unspecified atom stereocenters. The van der Waals surface area contributed by atoms with E-state index in [4.69, 9.17) is 0 Å². The summed E-state index contributed by atoms with van der Waals surface area (Å²) < 4.78 is 1.63. The van der Waals surface area contributed by atoms with Gasteiger partial charge in [0.1, 0.15) is 0 Å². The molecule has 5 heteroatoms. The summed E-state index contributed by atoms with van der Waals surface area (Å²) in [5, 5.41) is 7.89. The van der Waals surface area contributed by atoms with Crippen LogP contribution in [0.5, 0.6) is 0 Å². The lowest BCUT2D eigenvalue weighted by Crippen LogP contribution is -2.29. The van der Waals surface area contributed by atoms with Gasteiger partial charge in [-0.05, 0) is 12.3 Å². The van der Waals surface area contributed by atoms with E-state index in [2.05, 4.69) is 33.3 Å². The van der Waals surface area contributed by atoms with E-state index in [1.165, 1.54) is 0 Å². The van der Waals surface area contributed by atoms with Crippen LogP contribution in [0, 0.1) is 5.92 Å². The van der Waals surface area contributed by atoms with Gasteiger partial charge in [0.05, 0.1) is 11.8 Å². The second-order valence-corrected chi connectivity index (χ2v) is 4.66. The average molecular weight is 288 g/mol. The molecule has 0 saturated heterocycles. The fourth-order valence-corrected chi connectivity index (χ4v) is 2.13. The van der Waals surface area contributed by atoms with Crippen molar-refractivity contribution >= 4 is 21.8 Å². The number of aromatic nitrogens is 2. The predicted octanol–water partition coefficient (Wildman–Crippen LogP) is 1.96. The lowest BCUT2D eigenvalue weighted by molar-refractivity contribution is 0.0946. The van der Waals surface area contributed by atoms with Crippen LogP contribution in [0.1, 0.15) is 30.1 Å². The summed E-state index contributed by atoms with van der Waals surface area (Å²) in [7, 11) is 1.80. The average Bonchev–Trinajstić information content (AvgIpc) is 2.70. The standard InChI is InChI=1S/C11H18BrN3O/c1-3-9(4-5-12)6-13-11(16)10-7-14-15(2)8-10/h7-9H,3-6H2,1-2H3,(H,13,16). The fraction of sp³-hybridized carbons (Fsp3) is 0.636. The molecule has 16 heavy (non-hydrogen) atoms. The van der Waals surface area contributed by atoms with Crippen molar-refractivity contribution in [2.75, 3.05) is 11.9 Å². The molecule has 0 saturated carbocycles. The van der Waals surface area contributed by atoms with Crippen molar-refractivity contribution in [3.63, 3.8) is 0 Å². The van der Waals surface area contributed by atoms with Crippen molar-refractivity contribution in [1.29, 1.82) is 0 Å². The Labute approximate surface area is 105 Å². The number of aryl methyl sites for hydroxylation is 1. The van der Waals surface area contributed by atoms with E-state index in [9.17, 15) is 4.79 Å². The quantitative estimate of drug-likeness (QED) is 0.813. The molecule has 0 radical (unpaired) electrons. The topological polar surface area (TPSA) is 46.9 Å². The molecule has 1 N–H and O–H groups in total. The van der Waals surface area contributed by atoms with Crippen LogP contribution in [0.25, 0.3) is 0 Å². The minimum Gasteiger partial charge on any atom is -0.352 e. The Morgan fingerprint density at radius 2 is 2.44 bits per heavy atom. The molecule has 0 aliphatic rings. The van der Waals surface area contributed by atoms with Gasteiger partial charge in [0.25, 0.3) is 5.91 Å². The highest BCUT2D eigenvalue weighted by molar-refractivity contribution is 9.09. The Bertz CT molecular complexity index is 338. The summed E-state index contributed by atoms with van der Waals surface area (Å²) in [6.07, 6.45) is 5.48. The van der Waals surface area contributed by atoms with Crippen LogP contribution in [0.15, 0.2) is 12.4 Å². The lowest BCUT2D eigenvalue weighted by atomic mass is 10.0. The molecule has 4 nitrogen and oxygen atoms in total. The van der Waals surface area contributed by atoms with Gasteiger partial charge in [0.2, 0.25) is 0 Å². The second-order valence-electron chi connectivity index (χ2n) is 3.86. The van der Waals surface area contributed by atoms with Gasteiger partial charge in [-0.3, -0.25) is 9.48 Å². The zero-order valence-electron chi connectivity index (χ0n) is 9.74. The highest BCUT2D eigenvalue weighted by atomic mass is 79.9. The maximum absolute atomic E-state index is 11.7. The summed E-state index contributed by atoms with van der Waals surface area (Å²) in [6.45, 7) is 2.87. The van der Waals surface area contributed by atoms with E-state index >= 15 is 0 Å². The van der Waals surface area contributed by atoms with Gasteiger partial charge in [0.15, 0.2) is 0 Å². The first kappa shape index (κ1) is 13.2. The Morgan fingerprint density at radius 1 is 1.69 bits per heavy atom. The van der Waals surface area contributed by atoms with Gasteiger partial charge in [-0.1, -0.05) is 29.3 Å². The molecule has 0 bridgehead atoms. The van der Waals surface area contributed by atoms with Crippen LogP contribution in [-0.4, -0.2) is 27.6 Å². The van der Waals surface area contributed by atoms with E-state index in [0.29, 0.717) is 11.5 Å². The predicted molar refractivity (Wildman–Crippen MR) is 67.7 cm³/mol. The zero-order valence-corrected chi connectivity index (χ0v) is 11.3. The number of nitrogens with one attached hydrogen (secondary N) is 1. The number of rotatable bonds is 6. The first-order valence-corrected chi connectivity index (χ1v) is 6.62. The Morgan fingerprint density at radius 3 is 2.94 bits per heavy atom. The maximum atomic E-state index is 11.7. The summed E-state index contributed by atoms with van der Waals surface area (Å²) in [5.74, 6) is 0.501. The normalized spacial score (nSPS) is 12.4. The van der Waals surface area contributed by atoms with Gasteiger partial charge < -0.3 is 5.32 Å². The van der Waals surface area contributed by atoms with Crippen LogP contribution in [-0.2, 0) is 7.05 Å². The van der Waals surface area contributed by atoms with Crippen molar-refractivity contribution in [1.82, 2.24) is 15.1 Å². The molecule has 0 aliphatic carbocycles. The number of hydrogen-bond acceptors (Lipinski definition) is 2. The van der Waals surface area contributed by atoms with Crippen LogP contribution in [0.3, 0.4) is 0 Å². The molecule has 1 atom stereocenters. The molecule has 0 spiro atoms. The van der Waals surface area contributed by atoms with Crippen molar-refractivity contribution in [2.24, 2.45) is 13.0 Å². The molecule has 1 amide bonds. The molecule has 0 fully saturated rings. The van der Waals surface area contributed by atoms with E-state index in [1.807, 2.05) is 0 Å². The maximum Gasteiger partial charge on any atom is 0.254 e. The third kappa shape index (κ3) is 3.96. The highest BCUT2D eigenvalue weighted by Crippen LogP contribution is 2.08. The van der Waals surface area contributed by atoms with Crippen LogP contribution in [0.4, 0.5) is 0 Å². The van der Waals surface area contributed by atoms with Crippen LogP contribution < -0.4 is 5.32 Å². The first-order valence-electron chi connectivity index (χ1n) is 5.50. The highest BCUT2D eigenvalue weighted by Gasteiger charge is 2.10. The summed E-state index contributed by atoms with van der Waals surface area (Å²) in [6, 6.07) is 0. The number of alkyl halides is 1. The third-order valence-electron chi connectivity index (χ3n) is 2.61. The number of hydrogen-bond donors (Lipinski definition) is 1. The van der Waals surface area contributed by atoms with Crippen molar-refractivity contribution in [3.8, 4) is 0 Å². The van der Waals surface area contributed by atoms with Crippen molar-refractivity contribution in [2.45, 2.75) is 19.8 Å². The third-order valence-corrected chi connectivity index (χ3v) is 3.07. The smallest absolute Gasteiger partial charge is 0.254 e. The second kappa shape index (κ2) is 6.68. The number of halogens is 1. The lowest BCUT2D eigenvalue weighted by Gasteiger charge is -2.13. The molecule has 1 rings (SSSR count). The molecule has 1 heterocycles. The van der Waals surface area contributed by atoms with E-state index < -0.39 is 0 Å². The molecular weight excluding hydrogens is 270 g/mol. The Kier molecular flexibility index (Phi) is 5.52. The molecule has 90 valence electrons. The number of nitrogens with zero attached hydrogens (tertiary/aromatic N) is 2. The van der Waals surface area contributed by atoms with Crippen LogP contribution in [0.2, 0.25) is 0 Å². The zero-order chi connectivity index (χ0) is 12.0. The van der Waals surface area contributed by atoms with Gasteiger partial charge in [0, 0.05) is 25.1 Å². The number of amides is 1. The number of carbonyl (C=O) groups is 1. The van der Waals surface area contributed by atoms with Crippen LogP contribution >= 0.6 is 15.9 Å². The largest absolute Gasteiger partial charge is 0.352 e. The fourth-order valence-electron chi connectivity index (χ4n) is 1.48. The van der Waals surface area contributed by atoms with E-state index in [1.54, 1.807) is 24.1 Å². The SMILES string of the molecule is CCC(CCBr)CNC(=O)c1cnn(C)c1. The van der Waals surface area contributed by atoms with Crippen molar-refractivity contribution < 1.29 is 4.79 Å².